The van der Waals surface area contributed by atoms with Gasteiger partial charge in [-0.25, -0.2) is 4.98 Å². The molecule has 1 N–H and O–H groups in total. The summed E-state index contributed by atoms with van der Waals surface area (Å²) in [6.07, 6.45) is 5.02. The van der Waals surface area contributed by atoms with Gasteiger partial charge < -0.3 is 19.5 Å². The molecule has 0 radical (unpaired) electrons. The number of nitrogens with one attached hydrogen (secondary N) is 1. The quantitative estimate of drug-likeness (QED) is 0.670. The number of hydrogen-bond donors (Lipinski definition) is 1. The average molecular weight is 382 g/mol. The van der Waals surface area contributed by atoms with E-state index in [-0.39, 0.29) is 5.91 Å². The van der Waals surface area contributed by atoms with E-state index in [0.29, 0.717) is 38.3 Å². The summed E-state index contributed by atoms with van der Waals surface area (Å²) in [5, 5.41) is 11.5. The van der Waals surface area contributed by atoms with E-state index in [9.17, 15) is 4.79 Å². The lowest BCUT2D eigenvalue weighted by molar-refractivity contribution is -0.132. The number of carbonyl (C=O) groups excluding carboxylic acids is 1. The van der Waals surface area contributed by atoms with E-state index in [4.69, 9.17) is 9.26 Å². The second-order valence-electron chi connectivity index (χ2n) is 6.62. The monoisotopic (exact) mass is 382 g/mol. The SMILES string of the molecule is COc1cccc(Nc2noc3c2CN(C(=O)CCCn2cncn2)CC3)c1. The number of benzene rings is 1. The second-order valence-corrected chi connectivity index (χ2v) is 6.62. The van der Waals surface area contributed by atoms with Crippen molar-refractivity contribution in [2.24, 2.45) is 0 Å². The van der Waals surface area contributed by atoms with Crippen LogP contribution in [-0.4, -0.2) is 44.4 Å². The van der Waals surface area contributed by atoms with Gasteiger partial charge in [0.1, 0.15) is 24.2 Å². The number of aromatic nitrogens is 4. The van der Waals surface area contributed by atoms with Gasteiger partial charge in [-0.3, -0.25) is 9.48 Å². The van der Waals surface area contributed by atoms with Crippen LogP contribution in [0.5, 0.6) is 5.75 Å². The molecule has 3 heterocycles. The Morgan fingerprint density at radius 1 is 1.39 bits per heavy atom. The van der Waals surface area contributed by atoms with Crippen molar-refractivity contribution in [1.29, 1.82) is 0 Å². The van der Waals surface area contributed by atoms with Gasteiger partial charge in [-0.15, -0.1) is 0 Å². The molecule has 1 amide bonds. The third-order valence-electron chi connectivity index (χ3n) is 4.76. The molecular formula is C19H22N6O3. The van der Waals surface area contributed by atoms with Crippen LogP contribution in [0.15, 0.2) is 41.4 Å². The molecule has 3 aromatic rings. The van der Waals surface area contributed by atoms with Gasteiger partial charge in [0.2, 0.25) is 5.91 Å². The van der Waals surface area contributed by atoms with Crippen LogP contribution in [0, 0.1) is 0 Å². The number of carbonyl (C=O) groups is 1. The topological polar surface area (TPSA) is 98.3 Å². The minimum Gasteiger partial charge on any atom is -0.497 e. The molecule has 0 atom stereocenters. The van der Waals surface area contributed by atoms with Gasteiger partial charge in [-0.05, 0) is 18.6 Å². The van der Waals surface area contributed by atoms with Crippen molar-refractivity contribution < 1.29 is 14.1 Å². The Hall–Kier alpha value is -3.36. The molecule has 0 bridgehead atoms. The van der Waals surface area contributed by atoms with E-state index in [1.807, 2.05) is 29.2 Å². The molecule has 146 valence electrons. The maximum atomic E-state index is 12.6. The molecule has 9 heteroatoms. The number of nitrogens with zero attached hydrogens (tertiary/aromatic N) is 5. The van der Waals surface area contributed by atoms with Gasteiger partial charge >= 0.3 is 0 Å². The van der Waals surface area contributed by atoms with Gasteiger partial charge in [0.25, 0.3) is 0 Å². The van der Waals surface area contributed by atoms with Gasteiger partial charge in [0, 0.05) is 37.7 Å². The minimum absolute atomic E-state index is 0.124. The fourth-order valence-electron chi connectivity index (χ4n) is 3.26. The molecule has 0 saturated heterocycles. The zero-order chi connectivity index (χ0) is 19.3. The Kier molecular flexibility index (Phi) is 5.22. The number of aryl methyl sites for hydroxylation is 1. The highest BCUT2D eigenvalue weighted by atomic mass is 16.5. The van der Waals surface area contributed by atoms with Crippen LogP contribution >= 0.6 is 0 Å². The normalized spacial score (nSPS) is 13.2. The van der Waals surface area contributed by atoms with Crippen molar-refractivity contribution in [2.45, 2.75) is 32.4 Å². The summed E-state index contributed by atoms with van der Waals surface area (Å²) >= 11 is 0. The third kappa shape index (κ3) is 3.98. The van der Waals surface area contributed by atoms with E-state index in [1.165, 1.54) is 6.33 Å². The van der Waals surface area contributed by atoms with Gasteiger partial charge in [-0.1, -0.05) is 11.2 Å². The first-order chi connectivity index (χ1) is 13.7. The first-order valence-corrected chi connectivity index (χ1v) is 9.21. The highest BCUT2D eigenvalue weighted by Gasteiger charge is 2.27. The average Bonchev–Trinajstić information content (AvgIpc) is 3.38. The maximum absolute atomic E-state index is 12.6. The van der Waals surface area contributed by atoms with Crippen LogP contribution in [0.2, 0.25) is 0 Å². The molecule has 1 aliphatic rings. The summed E-state index contributed by atoms with van der Waals surface area (Å²) < 4.78 is 12.5. The van der Waals surface area contributed by atoms with Crippen LogP contribution in [0.3, 0.4) is 0 Å². The fourth-order valence-corrected chi connectivity index (χ4v) is 3.26. The predicted molar refractivity (Wildman–Crippen MR) is 101 cm³/mol. The zero-order valence-corrected chi connectivity index (χ0v) is 15.7. The van der Waals surface area contributed by atoms with Crippen molar-refractivity contribution in [3.8, 4) is 5.75 Å². The molecular weight excluding hydrogens is 360 g/mol. The van der Waals surface area contributed by atoms with Crippen LogP contribution in [0.25, 0.3) is 0 Å². The van der Waals surface area contributed by atoms with Crippen molar-refractivity contribution >= 4 is 17.4 Å². The summed E-state index contributed by atoms with van der Waals surface area (Å²) in [6.45, 7) is 1.82. The van der Waals surface area contributed by atoms with E-state index >= 15 is 0 Å². The molecule has 0 aliphatic carbocycles. The standard InChI is InChI=1S/C19H22N6O3/c1-27-15-5-2-4-14(10-15)22-19-16-11-24(9-7-17(16)28-23-19)18(26)6-3-8-25-13-20-12-21-25/h2,4-5,10,12-13H,3,6-9,11H2,1H3,(H,22,23). The lowest BCUT2D eigenvalue weighted by Crippen LogP contribution is -2.35. The molecule has 1 aliphatic heterocycles. The number of hydrogen-bond acceptors (Lipinski definition) is 7. The van der Waals surface area contributed by atoms with Crippen LogP contribution in [-0.2, 0) is 24.3 Å². The second kappa shape index (κ2) is 8.12. The maximum Gasteiger partial charge on any atom is 0.222 e. The molecule has 28 heavy (non-hydrogen) atoms. The lowest BCUT2D eigenvalue weighted by atomic mass is 10.1. The Bertz CT molecular complexity index is 937. The van der Waals surface area contributed by atoms with Crippen molar-refractivity contribution in [1.82, 2.24) is 24.8 Å². The number of rotatable bonds is 7. The minimum atomic E-state index is 0.124. The summed E-state index contributed by atoms with van der Waals surface area (Å²) in [4.78, 5) is 18.4. The first-order valence-electron chi connectivity index (χ1n) is 9.21. The largest absolute Gasteiger partial charge is 0.497 e. The van der Waals surface area contributed by atoms with Crippen LogP contribution < -0.4 is 10.1 Å². The first kappa shape index (κ1) is 18.0. The highest BCUT2D eigenvalue weighted by molar-refractivity contribution is 5.77. The van der Waals surface area contributed by atoms with E-state index in [0.717, 1.165) is 29.2 Å². The van der Waals surface area contributed by atoms with Crippen molar-refractivity contribution in [3.05, 3.63) is 48.2 Å². The van der Waals surface area contributed by atoms with Gasteiger partial charge in [0.05, 0.1) is 19.2 Å². The molecule has 0 saturated carbocycles. The van der Waals surface area contributed by atoms with Crippen LogP contribution in [0.1, 0.15) is 24.2 Å². The Balaban J connectivity index is 1.38. The Morgan fingerprint density at radius 2 is 2.32 bits per heavy atom. The highest BCUT2D eigenvalue weighted by Crippen LogP contribution is 2.29. The molecule has 2 aromatic heterocycles. The lowest BCUT2D eigenvalue weighted by Gasteiger charge is -2.26. The number of ether oxygens (including phenoxy) is 1. The van der Waals surface area contributed by atoms with E-state index in [2.05, 4.69) is 20.6 Å². The number of amides is 1. The molecule has 4 rings (SSSR count). The third-order valence-corrected chi connectivity index (χ3v) is 4.76. The van der Waals surface area contributed by atoms with Gasteiger partial charge in [-0.2, -0.15) is 5.10 Å². The predicted octanol–water partition coefficient (Wildman–Crippen LogP) is 2.38. The number of fused-ring (bicyclic) bond motifs is 1. The summed E-state index contributed by atoms with van der Waals surface area (Å²) in [7, 11) is 1.63. The molecule has 0 fully saturated rings. The van der Waals surface area contributed by atoms with Crippen molar-refractivity contribution in [2.75, 3.05) is 19.0 Å². The van der Waals surface area contributed by atoms with E-state index in [1.54, 1.807) is 18.1 Å². The van der Waals surface area contributed by atoms with Crippen LogP contribution in [0.4, 0.5) is 11.5 Å². The number of methoxy groups -OCH3 is 1. The fraction of sp³-hybridized carbons (Fsp3) is 0.368. The summed E-state index contributed by atoms with van der Waals surface area (Å²) in [6, 6.07) is 7.60. The summed E-state index contributed by atoms with van der Waals surface area (Å²) in [5.74, 6) is 2.35. The Morgan fingerprint density at radius 3 is 3.14 bits per heavy atom. The van der Waals surface area contributed by atoms with Gasteiger partial charge in [0.15, 0.2) is 5.82 Å². The smallest absolute Gasteiger partial charge is 0.222 e. The van der Waals surface area contributed by atoms with Crippen molar-refractivity contribution in [3.63, 3.8) is 0 Å². The Labute approximate surface area is 162 Å². The van der Waals surface area contributed by atoms with E-state index < -0.39 is 0 Å². The summed E-state index contributed by atoms with van der Waals surface area (Å²) in [5.41, 5.74) is 1.78. The number of anilines is 2. The molecule has 1 aromatic carbocycles. The molecule has 9 nitrogen and oxygen atoms in total. The molecule has 0 unspecified atom stereocenters. The zero-order valence-electron chi connectivity index (χ0n) is 15.7. The molecule has 0 spiro atoms.